The van der Waals surface area contributed by atoms with Crippen LogP contribution in [0.25, 0.3) is 0 Å². The molecule has 4 rings (SSSR count). The molecule has 1 unspecified atom stereocenters. The summed E-state index contributed by atoms with van der Waals surface area (Å²) < 4.78 is 0. The Labute approximate surface area is 173 Å². The molecule has 2 aromatic rings. The van der Waals surface area contributed by atoms with Crippen molar-refractivity contribution in [3.05, 3.63) is 46.3 Å². The molecule has 1 spiro atoms. The SMILES string of the molecule is CCN(C)c1ccc(CN(Cc2ccsc2)C2CC23CCNCC3)cn1.Cl. The van der Waals surface area contributed by atoms with Gasteiger partial charge in [0.15, 0.2) is 0 Å². The van der Waals surface area contributed by atoms with E-state index in [-0.39, 0.29) is 12.4 Å². The third-order valence-corrected chi connectivity index (χ3v) is 6.94. The molecule has 27 heavy (non-hydrogen) atoms. The number of thiophene rings is 1. The Hall–Kier alpha value is -1.14. The maximum Gasteiger partial charge on any atom is 0.128 e. The summed E-state index contributed by atoms with van der Waals surface area (Å²) in [5.74, 6) is 1.06. The van der Waals surface area contributed by atoms with Crippen LogP contribution < -0.4 is 10.2 Å². The van der Waals surface area contributed by atoms with Gasteiger partial charge in [0.2, 0.25) is 0 Å². The van der Waals surface area contributed by atoms with Crippen LogP contribution in [0.3, 0.4) is 0 Å². The first-order valence-corrected chi connectivity index (χ1v) is 10.8. The zero-order chi connectivity index (χ0) is 18.0. The highest BCUT2D eigenvalue weighted by atomic mass is 35.5. The van der Waals surface area contributed by atoms with Gasteiger partial charge in [0, 0.05) is 38.9 Å². The van der Waals surface area contributed by atoms with Crippen molar-refractivity contribution in [3.8, 4) is 0 Å². The summed E-state index contributed by atoms with van der Waals surface area (Å²) in [5, 5.41) is 8.01. The van der Waals surface area contributed by atoms with E-state index in [0.717, 1.165) is 31.5 Å². The molecule has 2 fully saturated rings. The highest BCUT2D eigenvalue weighted by Crippen LogP contribution is 2.56. The van der Waals surface area contributed by atoms with E-state index >= 15 is 0 Å². The van der Waals surface area contributed by atoms with Crippen LogP contribution in [-0.4, -0.2) is 42.6 Å². The second-order valence-corrected chi connectivity index (χ2v) is 8.69. The zero-order valence-electron chi connectivity index (χ0n) is 16.4. The maximum atomic E-state index is 4.67. The molecule has 1 N–H and O–H groups in total. The second-order valence-electron chi connectivity index (χ2n) is 7.91. The number of rotatable bonds is 7. The quantitative estimate of drug-likeness (QED) is 0.747. The third kappa shape index (κ3) is 4.65. The molecule has 1 atom stereocenters. The number of piperidine rings is 1. The first-order chi connectivity index (χ1) is 12.7. The van der Waals surface area contributed by atoms with E-state index in [9.17, 15) is 0 Å². The molecule has 148 valence electrons. The minimum Gasteiger partial charge on any atom is -0.360 e. The average molecular weight is 407 g/mol. The van der Waals surface area contributed by atoms with Crippen molar-refractivity contribution in [2.75, 3.05) is 31.6 Å². The lowest BCUT2D eigenvalue weighted by Gasteiger charge is -2.29. The number of nitrogens with zero attached hydrogens (tertiary/aromatic N) is 3. The van der Waals surface area contributed by atoms with Gasteiger partial charge in [-0.1, -0.05) is 6.07 Å². The number of halogens is 1. The molecule has 0 aromatic carbocycles. The van der Waals surface area contributed by atoms with Gasteiger partial charge >= 0.3 is 0 Å². The maximum absolute atomic E-state index is 4.67. The Bertz CT molecular complexity index is 697. The molecule has 4 nitrogen and oxygen atoms in total. The third-order valence-electron chi connectivity index (χ3n) is 6.21. The van der Waals surface area contributed by atoms with Crippen LogP contribution in [0, 0.1) is 5.41 Å². The van der Waals surface area contributed by atoms with E-state index in [1.807, 2.05) is 0 Å². The van der Waals surface area contributed by atoms with E-state index in [1.165, 1.54) is 43.5 Å². The van der Waals surface area contributed by atoms with Gasteiger partial charge in [-0.05, 0) is 78.7 Å². The molecule has 2 aliphatic rings. The van der Waals surface area contributed by atoms with Crippen LogP contribution in [0.4, 0.5) is 5.82 Å². The summed E-state index contributed by atoms with van der Waals surface area (Å²) in [6.45, 7) is 7.56. The van der Waals surface area contributed by atoms with Crippen molar-refractivity contribution in [3.63, 3.8) is 0 Å². The van der Waals surface area contributed by atoms with E-state index in [2.05, 4.69) is 69.2 Å². The largest absolute Gasteiger partial charge is 0.360 e. The van der Waals surface area contributed by atoms with Gasteiger partial charge in [-0.2, -0.15) is 11.3 Å². The Kier molecular flexibility index (Phi) is 6.79. The lowest BCUT2D eigenvalue weighted by atomic mass is 9.93. The summed E-state index contributed by atoms with van der Waals surface area (Å²) in [6.07, 6.45) is 6.09. The lowest BCUT2D eigenvalue weighted by Crippen LogP contribution is -2.35. The molecular formula is C21H31ClN4S. The summed E-state index contributed by atoms with van der Waals surface area (Å²) in [7, 11) is 2.09. The minimum absolute atomic E-state index is 0. The molecule has 1 aliphatic carbocycles. The van der Waals surface area contributed by atoms with Crippen LogP contribution in [0.15, 0.2) is 35.2 Å². The van der Waals surface area contributed by atoms with Crippen LogP contribution >= 0.6 is 23.7 Å². The Morgan fingerprint density at radius 2 is 1.96 bits per heavy atom. The molecule has 1 saturated carbocycles. The fourth-order valence-electron chi connectivity index (χ4n) is 4.33. The minimum atomic E-state index is 0. The molecule has 3 heterocycles. The van der Waals surface area contributed by atoms with Crippen molar-refractivity contribution in [1.82, 2.24) is 15.2 Å². The highest BCUT2D eigenvalue weighted by molar-refractivity contribution is 7.07. The van der Waals surface area contributed by atoms with Gasteiger partial charge in [0.25, 0.3) is 0 Å². The van der Waals surface area contributed by atoms with E-state index in [1.54, 1.807) is 11.3 Å². The first kappa shape index (κ1) is 20.6. The van der Waals surface area contributed by atoms with Crippen molar-refractivity contribution < 1.29 is 0 Å². The Morgan fingerprint density at radius 3 is 2.59 bits per heavy atom. The molecule has 6 heteroatoms. The van der Waals surface area contributed by atoms with Crippen molar-refractivity contribution >= 4 is 29.6 Å². The van der Waals surface area contributed by atoms with Crippen LogP contribution in [0.5, 0.6) is 0 Å². The summed E-state index contributed by atoms with van der Waals surface area (Å²) >= 11 is 1.80. The zero-order valence-corrected chi connectivity index (χ0v) is 18.0. The van der Waals surface area contributed by atoms with Crippen molar-refractivity contribution in [2.45, 2.75) is 45.3 Å². The topological polar surface area (TPSA) is 31.4 Å². The molecule has 0 amide bonds. The van der Waals surface area contributed by atoms with Gasteiger partial charge < -0.3 is 10.2 Å². The molecule has 1 saturated heterocycles. The molecule has 0 radical (unpaired) electrons. The number of anilines is 1. The smallest absolute Gasteiger partial charge is 0.128 e. The highest BCUT2D eigenvalue weighted by Gasteiger charge is 2.56. The lowest BCUT2D eigenvalue weighted by molar-refractivity contribution is 0.188. The van der Waals surface area contributed by atoms with Crippen LogP contribution in [-0.2, 0) is 13.1 Å². The summed E-state index contributed by atoms with van der Waals surface area (Å²) in [5.41, 5.74) is 3.34. The monoisotopic (exact) mass is 406 g/mol. The van der Waals surface area contributed by atoms with Gasteiger partial charge in [-0.15, -0.1) is 12.4 Å². The molecular weight excluding hydrogens is 376 g/mol. The van der Waals surface area contributed by atoms with Gasteiger partial charge in [-0.25, -0.2) is 4.98 Å². The second kappa shape index (κ2) is 8.91. The fraction of sp³-hybridized carbons (Fsp3) is 0.571. The number of pyridine rings is 1. The number of aromatic nitrogens is 1. The van der Waals surface area contributed by atoms with Gasteiger partial charge in [-0.3, -0.25) is 4.90 Å². The summed E-state index contributed by atoms with van der Waals surface area (Å²) in [4.78, 5) is 9.55. The Balaban J connectivity index is 0.00000210. The van der Waals surface area contributed by atoms with Gasteiger partial charge in [0.1, 0.15) is 5.82 Å². The summed E-state index contributed by atoms with van der Waals surface area (Å²) in [6, 6.07) is 7.41. The standard InChI is InChI=1S/C21H30N4S.ClH/c1-3-24(2)20-5-4-17(13-23-20)14-25(15-18-6-11-26-16-18)19-12-21(19)7-9-22-10-8-21;/h4-6,11,13,16,19,22H,3,7-10,12,14-15H2,1-2H3;1H. The Morgan fingerprint density at radius 1 is 1.19 bits per heavy atom. The molecule has 0 bridgehead atoms. The fourth-order valence-corrected chi connectivity index (χ4v) is 4.99. The first-order valence-electron chi connectivity index (χ1n) is 9.82. The van der Waals surface area contributed by atoms with Crippen LogP contribution in [0.1, 0.15) is 37.3 Å². The van der Waals surface area contributed by atoms with E-state index in [0.29, 0.717) is 5.41 Å². The number of hydrogen-bond donors (Lipinski definition) is 1. The van der Waals surface area contributed by atoms with E-state index in [4.69, 9.17) is 0 Å². The predicted molar refractivity (Wildman–Crippen MR) is 117 cm³/mol. The average Bonchev–Trinajstić information content (AvgIpc) is 3.11. The predicted octanol–water partition coefficient (Wildman–Crippen LogP) is 4.17. The molecule has 1 aliphatic heterocycles. The van der Waals surface area contributed by atoms with Crippen LogP contribution in [0.2, 0.25) is 0 Å². The normalized spacial score (nSPS) is 20.5. The van der Waals surface area contributed by atoms with Crippen molar-refractivity contribution in [2.24, 2.45) is 5.41 Å². The van der Waals surface area contributed by atoms with E-state index < -0.39 is 0 Å². The van der Waals surface area contributed by atoms with Gasteiger partial charge in [0.05, 0.1) is 0 Å². The van der Waals surface area contributed by atoms with Crippen molar-refractivity contribution in [1.29, 1.82) is 0 Å². The number of nitrogens with one attached hydrogen (secondary N) is 1. The number of hydrogen-bond acceptors (Lipinski definition) is 5. The molecule has 2 aromatic heterocycles.